The predicted octanol–water partition coefficient (Wildman–Crippen LogP) is 3.71. The van der Waals surface area contributed by atoms with Crippen molar-refractivity contribution in [2.45, 2.75) is 84.6 Å². The van der Waals surface area contributed by atoms with Gasteiger partial charge in [-0.05, 0) is 37.0 Å². The molecule has 2 bridgehead atoms. The molecule has 5 heteroatoms. The van der Waals surface area contributed by atoms with Crippen molar-refractivity contribution in [3.63, 3.8) is 0 Å². The normalized spacial score (nSPS) is 36.4. The van der Waals surface area contributed by atoms with E-state index < -0.39 is 10.0 Å². The third-order valence-electron chi connectivity index (χ3n) is 7.15. The van der Waals surface area contributed by atoms with Gasteiger partial charge in [0.1, 0.15) is 0 Å². The molecule has 0 N–H and O–H groups in total. The van der Waals surface area contributed by atoms with Crippen LogP contribution in [0.1, 0.15) is 78.6 Å². The topological polar surface area (TPSA) is 54.5 Å². The Morgan fingerprint density at radius 2 is 1.87 bits per heavy atom. The maximum Gasteiger partial charge on any atom is 0.238 e. The lowest BCUT2D eigenvalue weighted by Crippen LogP contribution is -2.44. The van der Waals surface area contributed by atoms with Crippen molar-refractivity contribution < 1.29 is 13.2 Å². The molecule has 1 spiro atoms. The van der Waals surface area contributed by atoms with Gasteiger partial charge < -0.3 is 0 Å². The highest BCUT2D eigenvalue weighted by Crippen LogP contribution is 2.70. The van der Waals surface area contributed by atoms with Crippen molar-refractivity contribution in [2.75, 3.05) is 5.75 Å². The number of amides is 1. The number of sulfonamides is 1. The van der Waals surface area contributed by atoms with Crippen LogP contribution >= 0.6 is 0 Å². The molecule has 0 unspecified atom stereocenters. The Morgan fingerprint density at radius 1 is 1.17 bits per heavy atom. The molecule has 3 aliphatic rings. The third-order valence-corrected chi connectivity index (χ3v) is 9.09. The summed E-state index contributed by atoms with van der Waals surface area (Å²) in [5.41, 5.74) is -0.144. The summed E-state index contributed by atoms with van der Waals surface area (Å²) in [4.78, 5) is 12.7. The van der Waals surface area contributed by atoms with Crippen LogP contribution in [0.15, 0.2) is 0 Å². The van der Waals surface area contributed by atoms with E-state index in [1.54, 1.807) is 0 Å². The van der Waals surface area contributed by atoms with Gasteiger partial charge in [0, 0.05) is 11.8 Å². The minimum absolute atomic E-state index is 0.0426. The lowest BCUT2D eigenvalue weighted by atomic mass is 9.69. The minimum Gasteiger partial charge on any atom is -0.274 e. The van der Waals surface area contributed by atoms with Crippen molar-refractivity contribution in [3.8, 4) is 0 Å². The number of rotatable bonds is 6. The quantitative estimate of drug-likeness (QED) is 0.692. The molecule has 3 fully saturated rings. The summed E-state index contributed by atoms with van der Waals surface area (Å²) in [6.07, 6.45) is 8.71. The molecule has 0 aromatic rings. The average Bonchev–Trinajstić information content (AvgIpc) is 2.93. The van der Waals surface area contributed by atoms with Gasteiger partial charge in [-0.3, -0.25) is 4.79 Å². The first kappa shape index (κ1) is 17.2. The predicted molar refractivity (Wildman–Crippen MR) is 91.4 cm³/mol. The van der Waals surface area contributed by atoms with Crippen LogP contribution in [0.4, 0.5) is 0 Å². The van der Waals surface area contributed by atoms with Crippen LogP contribution in [0.25, 0.3) is 0 Å². The lowest BCUT2D eigenvalue weighted by Gasteiger charge is -2.37. The second kappa shape index (κ2) is 5.75. The molecule has 0 aromatic carbocycles. The number of nitrogens with zero attached hydrogens (tertiary/aromatic N) is 1. The molecule has 132 valence electrons. The SMILES string of the molecule is CCCCCCCC(=O)N1[C@H]2C[C@@H]3CC[C@]2(CS1(=O)=O)C3(C)C. The lowest BCUT2D eigenvalue weighted by molar-refractivity contribution is -0.129. The monoisotopic (exact) mass is 341 g/mol. The summed E-state index contributed by atoms with van der Waals surface area (Å²) in [7, 11) is -3.42. The van der Waals surface area contributed by atoms with Gasteiger partial charge >= 0.3 is 0 Å². The molecular weight excluding hydrogens is 310 g/mol. The maximum absolute atomic E-state index is 12.7. The van der Waals surface area contributed by atoms with E-state index in [9.17, 15) is 13.2 Å². The molecule has 1 aliphatic heterocycles. The Balaban J connectivity index is 1.72. The molecule has 3 rings (SSSR count). The highest BCUT2D eigenvalue weighted by atomic mass is 32.2. The van der Waals surface area contributed by atoms with Gasteiger partial charge in [-0.25, -0.2) is 12.7 Å². The Kier molecular flexibility index (Phi) is 4.31. The summed E-state index contributed by atoms with van der Waals surface area (Å²) in [6, 6.07) is -0.0654. The van der Waals surface area contributed by atoms with Crippen LogP contribution in [0.2, 0.25) is 0 Å². The van der Waals surface area contributed by atoms with Crippen LogP contribution in [0, 0.1) is 16.7 Å². The summed E-state index contributed by atoms with van der Waals surface area (Å²) < 4.78 is 26.8. The standard InChI is InChI=1S/C18H31NO3S/c1-4-5-6-7-8-9-16(20)19-15-12-14-10-11-18(15,17(14,2)3)13-23(19,21)22/h14-15H,4-13H2,1-3H3/t14-,15-,18+/m0/s1. The van der Waals surface area contributed by atoms with Crippen LogP contribution in [0.5, 0.6) is 0 Å². The Hall–Kier alpha value is -0.580. The van der Waals surface area contributed by atoms with E-state index in [2.05, 4.69) is 20.8 Å². The van der Waals surface area contributed by atoms with Gasteiger partial charge in [0.25, 0.3) is 0 Å². The minimum atomic E-state index is -3.42. The van der Waals surface area contributed by atoms with E-state index in [0.717, 1.165) is 38.5 Å². The van der Waals surface area contributed by atoms with Gasteiger partial charge in [-0.15, -0.1) is 0 Å². The number of carbonyl (C=O) groups excluding carboxylic acids is 1. The van der Waals surface area contributed by atoms with E-state index in [-0.39, 0.29) is 28.5 Å². The number of fused-ring (bicyclic) bond motifs is 1. The van der Waals surface area contributed by atoms with Gasteiger partial charge in [0.05, 0.1) is 11.8 Å². The summed E-state index contributed by atoms with van der Waals surface area (Å²) >= 11 is 0. The van der Waals surface area contributed by atoms with Crippen molar-refractivity contribution in [3.05, 3.63) is 0 Å². The first-order chi connectivity index (χ1) is 10.8. The fraction of sp³-hybridized carbons (Fsp3) is 0.944. The summed E-state index contributed by atoms with van der Waals surface area (Å²) in [5, 5.41) is 0. The van der Waals surface area contributed by atoms with E-state index >= 15 is 0 Å². The second-order valence-electron chi connectivity index (χ2n) is 8.47. The summed E-state index contributed by atoms with van der Waals surface area (Å²) in [5.74, 6) is 0.616. The number of carbonyl (C=O) groups is 1. The van der Waals surface area contributed by atoms with Crippen LogP contribution < -0.4 is 0 Å². The fourth-order valence-electron chi connectivity index (χ4n) is 5.61. The zero-order valence-corrected chi connectivity index (χ0v) is 15.6. The Labute approximate surface area is 141 Å². The molecule has 1 heterocycles. The molecule has 0 aromatic heterocycles. The molecular formula is C18H31NO3S. The van der Waals surface area contributed by atoms with Gasteiger partial charge in [-0.1, -0.05) is 46.5 Å². The zero-order chi connectivity index (χ0) is 16.9. The van der Waals surface area contributed by atoms with E-state index in [4.69, 9.17) is 0 Å². The molecule has 1 saturated heterocycles. The van der Waals surface area contributed by atoms with Crippen LogP contribution in [0.3, 0.4) is 0 Å². The van der Waals surface area contributed by atoms with Gasteiger partial charge in [-0.2, -0.15) is 0 Å². The molecule has 2 aliphatic carbocycles. The average molecular weight is 342 g/mol. The zero-order valence-electron chi connectivity index (χ0n) is 14.8. The van der Waals surface area contributed by atoms with Gasteiger partial charge in [0.15, 0.2) is 0 Å². The number of unbranched alkanes of at least 4 members (excludes halogenated alkanes) is 4. The van der Waals surface area contributed by atoms with Crippen molar-refractivity contribution in [2.24, 2.45) is 16.7 Å². The van der Waals surface area contributed by atoms with Crippen LogP contribution in [-0.2, 0) is 14.8 Å². The van der Waals surface area contributed by atoms with Crippen molar-refractivity contribution in [1.82, 2.24) is 4.31 Å². The van der Waals surface area contributed by atoms with E-state index in [1.807, 2.05) is 0 Å². The second-order valence-corrected chi connectivity index (χ2v) is 10.3. The van der Waals surface area contributed by atoms with Crippen molar-refractivity contribution >= 4 is 15.9 Å². The highest BCUT2D eigenvalue weighted by Gasteiger charge is 2.72. The first-order valence-electron chi connectivity index (χ1n) is 9.31. The number of hydrogen-bond donors (Lipinski definition) is 0. The van der Waals surface area contributed by atoms with E-state index in [0.29, 0.717) is 12.3 Å². The van der Waals surface area contributed by atoms with Crippen LogP contribution in [-0.4, -0.2) is 30.4 Å². The highest BCUT2D eigenvalue weighted by molar-refractivity contribution is 7.90. The van der Waals surface area contributed by atoms with Gasteiger partial charge in [0.2, 0.25) is 15.9 Å². The van der Waals surface area contributed by atoms with Crippen molar-refractivity contribution in [1.29, 1.82) is 0 Å². The molecule has 0 radical (unpaired) electrons. The number of hydrogen-bond acceptors (Lipinski definition) is 3. The largest absolute Gasteiger partial charge is 0.274 e. The smallest absolute Gasteiger partial charge is 0.238 e. The summed E-state index contributed by atoms with van der Waals surface area (Å²) in [6.45, 7) is 6.61. The first-order valence-corrected chi connectivity index (χ1v) is 10.9. The molecule has 3 atom stereocenters. The Bertz CT molecular complexity index is 583. The maximum atomic E-state index is 12.7. The molecule has 23 heavy (non-hydrogen) atoms. The molecule has 2 saturated carbocycles. The third kappa shape index (κ3) is 2.45. The molecule has 1 amide bonds. The Morgan fingerprint density at radius 3 is 2.52 bits per heavy atom. The van der Waals surface area contributed by atoms with E-state index in [1.165, 1.54) is 17.1 Å². The fourth-order valence-corrected chi connectivity index (χ4v) is 8.18. The molecule has 4 nitrogen and oxygen atoms in total.